The molecule has 1 saturated carbocycles. The predicted octanol–water partition coefficient (Wildman–Crippen LogP) is 1.75. The second-order valence-electron chi connectivity index (χ2n) is 6.28. The molecule has 0 aromatic carbocycles. The molecule has 2 fully saturated rings. The quantitative estimate of drug-likeness (QED) is 0.776. The van der Waals surface area contributed by atoms with Crippen LogP contribution in [-0.4, -0.2) is 62.3 Å². The lowest BCUT2D eigenvalue weighted by Crippen LogP contribution is -2.59. The zero-order chi connectivity index (χ0) is 15.3. The van der Waals surface area contributed by atoms with Gasteiger partial charge in [-0.05, 0) is 19.3 Å². The van der Waals surface area contributed by atoms with E-state index in [0.717, 1.165) is 45.3 Å². The summed E-state index contributed by atoms with van der Waals surface area (Å²) in [5.41, 5.74) is 6.46. The second kappa shape index (κ2) is 7.88. The molecule has 2 N–H and O–H groups in total. The third-order valence-electron chi connectivity index (χ3n) is 5.08. The standard InChI is InChI=1S/C16H32N2O3/c1-4-13(5-2)18(8-9-19-3)15-12-16(7-6-14(15)17)20-10-11-21-16/h13-15H,4-12,17H2,1-3H3. The van der Waals surface area contributed by atoms with Crippen LogP contribution in [0.1, 0.15) is 46.0 Å². The molecule has 21 heavy (non-hydrogen) atoms. The summed E-state index contributed by atoms with van der Waals surface area (Å²) in [7, 11) is 1.76. The molecule has 1 saturated heterocycles. The van der Waals surface area contributed by atoms with Crippen molar-refractivity contribution in [2.75, 3.05) is 33.5 Å². The highest BCUT2D eigenvalue weighted by Gasteiger charge is 2.46. The smallest absolute Gasteiger partial charge is 0.170 e. The first-order valence-corrected chi connectivity index (χ1v) is 8.44. The third kappa shape index (κ3) is 3.96. The van der Waals surface area contributed by atoms with Crippen molar-refractivity contribution in [1.82, 2.24) is 4.90 Å². The van der Waals surface area contributed by atoms with Crippen LogP contribution in [0.2, 0.25) is 0 Å². The molecular weight excluding hydrogens is 268 g/mol. The molecule has 1 spiro atoms. The van der Waals surface area contributed by atoms with Crippen LogP contribution in [0, 0.1) is 0 Å². The van der Waals surface area contributed by atoms with E-state index in [0.29, 0.717) is 25.3 Å². The van der Waals surface area contributed by atoms with Gasteiger partial charge in [0.05, 0.1) is 19.8 Å². The lowest BCUT2D eigenvalue weighted by Gasteiger charge is -2.47. The number of nitrogens with zero attached hydrogens (tertiary/aromatic N) is 1. The van der Waals surface area contributed by atoms with Crippen LogP contribution in [0.5, 0.6) is 0 Å². The van der Waals surface area contributed by atoms with Crippen LogP contribution in [0.25, 0.3) is 0 Å². The molecule has 2 unspecified atom stereocenters. The van der Waals surface area contributed by atoms with Crippen LogP contribution in [-0.2, 0) is 14.2 Å². The van der Waals surface area contributed by atoms with Gasteiger partial charge in [-0.2, -0.15) is 0 Å². The summed E-state index contributed by atoms with van der Waals surface area (Å²) >= 11 is 0. The molecule has 0 aromatic rings. The summed E-state index contributed by atoms with van der Waals surface area (Å²) in [6.07, 6.45) is 5.05. The molecule has 0 bridgehead atoms. The number of methoxy groups -OCH3 is 1. The lowest BCUT2D eigenvalue weighted by molar-refractivity contribution is -0.194. The van der Waals surface area contributed by atoms with E-state index < -0.39 is 0 Å². The SMILES string of the molecule is CCC(CC)N(CCOC)C1CC2(CCC1N)OCCO2. The first-order valence-electron chi connectivity index (χ1n) is 8.44. The molecule has 1 heterocycles. The van der Waals surface area contributed by atoms with E-state index in [1.54, 1.807) is 7.11 Å². The van der Waals surface area contributed by atoms with Crippen molar-refractivity contribution in [3.05, 3.63) is 0 Å². The Morgan fingerprint density at radius 3 is 2.52 bits per heavy atom. The monoisotopic (exact) mass is 300 g/mol. The molecule has 5 nitrogen and oxygen atoms in total. The molecule has 1 aliphatic heterocycles. The minimum absolute atomic E-state index is 0.195. The van der Waals surface area contributed by atoms with Gasteiger partial charge in [-0.15, -0.1) is 0 Å². The van der Waals surface area contributed by atoms with Gasteiger partial charge in [0.15, 0.2) is 5.79 Å². The van der Waals surface area contributed by atoms with Gasteiger partial charge in [-0.1, -0.05) is 13.8 Å². The van der Waals surface area contributed by atoms with Gasteiger partial charge < -0.3 is 19.9 Å². The normalized spacial score (nSPS) is 28.9. The first-order chi connectivity index (χ1) is 10.2. The van der Waals surface area contributed by atoms with E-state index in [9.17, 15) is 0 Å². The fourth-order valence-corrected chi connectivity index (χ4v) is 3.85. The van der Waals surface area contributed by atoms with E-state index in [1.165, 1.54) is 0 Å². The average Bonchev–Trinajstić information content (AvgIpc) is 2.95. The van der Waals surface area contributed by atoms with E-state index in [2.05, 4.69) is 18.7 Å². The molecule has 5 heteroatoms. The lowest BCUT2D eigenvalue weighted by atomic mass is 9.84. The minimum Gasteiger partial charge on any atom is -0.383 e. The Balaban J connectivity index is 2.11. The number of hydrogen-bond donors (Lipinski definition) is 1. The molecule has 124 valence electrons. The molecule has 0 radical (unpaired) electrons. The summed E-state index contributed by atoms with van der Waals surface area (Å²) in [5.74, 6) is -0.377. The van der Waals surface area contributed by atoms with Gasteiger partial charge in [0, 0.05) is 44.6 Å². The Morgan fingerprint density at radius 1 is 1.29 bits per heavy atom. The highest BCUT2D eigenvalue weighted by Crippen LogP contribution is 2.38. The fourth-order valence-electron chi connectivity index (χ4n) is 3.85. The van der Waals surface area contributed by atoms with Crippen molar-refractivity contribution in [2.24, 2.45) is 5.73 Å². The maximum Gasteiger partial charge on any atom is 0.170 e. The van der Waals surface area contributed by atoms with Gasteiger partial charge in [-0.25, -0.2) is 0 Å². The maximum absolute atomic E-state index is 6.46. The summed E-state index contributed by atoms with van der Waals surface area (Å²) in [6.45, 7) is 7.60. The molecule has 0 aromatic heterocycles. The van der Waals surface area contributed by atoms with Gasteiger partial charge in [0.2, 0.25) is 0 Å². The maximum atomic E-state index is 6.46. The molecule has 0 amide bonds. The molecule has 2 rings (SSSR count). The van der Waals surface area contributed by atoms with Crippen molar-refractivity contribution >= 4 is 0 Å². The molecule has 2 aliphatic rings. The van der Waals surface area contributed by atoms with Gasteiger partial charge in [0.1, 0.15) is 0 Å². The van der Waals surface area contributed by atoms with Gasteiger partial charge in [0.25, 0.3) is 0 Å². The fraction of sp³-hybridized carbons (Fsp3) is 1.00. The second-order valence-corrected chi connectivity index (χ2v) is 6.28. The highest BCUT2D eigenvalue weighted by atomic mass is 16.7. The molecular formula is C16H32N2O3. The number of ether oxygens (including phenoxy) is 3. The van der Waals surface area contributed by atoms with E-state index in [1.807, 2.05) is 0 Å². The highest BCUT2D eigenvalue weighted by molar-refractivity contribution is 4.96. The summed E-state index contributed by atoms with van der Waals surface area (Å²) in [5, 5.41) is 0. The van der Waals surface area contributed by atoms with Crippen molar-refractivity contribution < 1.29 is 14.2 Å². The topological polar surface area (TPSA) is 57.0 Å². The summed E-state index contributed by atoms with van der Waals surface area (Å²) < 4.78 is 17.2. The van der Waals surface area contributed by atoms with E-state index >= 15 is 0 Å². The minimum atomic E-state index is -0.377. The van der Waals surface area contributed by atoms with Crippen molar-refractivity contribution in [3.8, 4) is 0 Å². The summed E-state index contributed by atoms with van der Waals surface area (Å²) in [4.78, 5) is 2.54. The average molecular weight is 300 g/mol. The van der Waals surface area contributed by atoms with Crippen molar-refractivity contribution in [3.63, 3.8) is 0 Å². The number of nitrogens with two attached hydrogens (primary N) is 1. The van der Waals surface area contributed by atoms with Crippen molar-refractivity contribution in [1.29, 1.82) is 0 Å². The third-order valence-corrected chi connectivity index (χ3v) is 5.08. The van der Waals surface area contributed by atoms with Crippen LogP contribution in [0.3, 0.4) is 0 Å². The Hall–Kier alpha value is -0.200. The summed E-state index contributed by atoms with van der Waals surface area (Å²) in [6, 6.07) is 1.06. The van der Waals surface area contributed by atoms with E-state index in [4.69, 9.17) is 19.9 Å². The molecule has 2 atom stereocenters. The number of hydrogen-bond acceptors (Lipinski definition) is 5. The van der Waals surface area contributed by atoms with Crippen LogP contribution >= 0.6 is 0 Å². The van der Waals surface area contributed by atoms with E-state index in [-0.39, 0.29) is 11.8 Å². The number of rotatable bonds is 7. The largest absolute Gasteiger partial charge is 0.383 e. The Labute approximate surface area is 129 Å². The van der Waals surface area contributed by atoms with Crippen molar-refractivity contribution in [2.45, 2.75) is 69.9 Å². The van der Waals surface area contributed by atoms with Crippen LogP contribution in [0.4, 0.5) is 0 Å². The van der Waals surface area contributed by atoms with Gasteiger partial charge >= 0.3 is 0 Å². The molecule has 1 aliphatic carbocycles. The Morgan fingerprint density at radius 2 is 1.95 bits per heavy atom. The van der Waals surface area contributed by atoms with Gasteiger partial charge in [-0.3, -0.25) is 4.90 Å². The van der Waals surface area contributed by atoms with Crippen LogP contribution in [0.15, 0.2) is 0 Å². The first kappa shape index (κ1) is 17.2. The van der Waals surface area contributed by atoms with Crippen LogP contribution < -0.4 is 5.73 Å². The predicted molar refractivity (Wildman–Crippen MR) is 83.2 cm³/mol. The zero-order valence-corrected chi connectivity index (χ0v) is 13.8. The Kier molecular flexibility index (Phi) is 6.44. The Bertz CT molecular complexity index is 304. The zero-order valence-electron chi connectivity index (χ0n) is 13.8.